The fourth-order valence-electron chi connectivity index (χ4n) is 2.21. The van der Waals surface area contributed by atoms with Crippen molar-refractivity contribution in [3.05, 3.63) is 77.6 Å². The van der Waals surface area contributed by atoms with Crippen LogP contribution in [0.5, 0.6) is 0 Å². The Labute approximate surface area is 140 Å². The van der Waals surface area contributed by atoms with Gasteiger partial charge in [0.15, 0.2) is 0 Å². The maximum atomic E-state index is 12.3. The SMILES string of the molecule is Cc1ccc(NC(=O)c2ccnc(Nc3ccccc3C)n2)cc1. The van der Waals surface area contributed by atoms with E-state index in [1.54, 1.807) is 12.3 Å². The summed E-state index contributed by atoms with van der Waals surface area (Å²) in [5, 5.41) is 5.97. The predicted molar refractivity (Wildman–Crippen MR) is 95.6 cm³/mol. The molecule has 2 N–H and O–H groups in total. The third kappa shape index (κ3) is 3.76. The second kappa shape index (κ2) is 6.91. The molecule has 1 heterocycles. The fourth-order valence-corrected chi connectivity index (χ4v) is 2.21. The van der Waals surface area contributed by atoms with Gasteiger partial charge in [-0.15, -0.1) is 0 Å². The van der Waals surface area contributed by atoms with E-state index in [9.17, 15) is 4.79 Å². The Hall–Kier alpha value is -3.21. The molecule has 0 unspecified atom stereocenters. The van der Waals surface area contributed by atoms with Gasteiger partial charge in [0, 0.05) is 17.6 Å². The summed E-state index contributed by atoms with van der Waals surface area (Å²) < 4.78 is 0. The second-order valence-electron chi connectivity index (χ2n) is 5.53. The molecule has 0 saturated carbocycles. The molecule has 0 fully saturated rings. The maximum absolute atomic E-state index is 12.3. The van der Waals surface area contributed by atoms with E-state index in [0.717, 1.165) is 22.5 Å². The molecule has 5 nitrogen and oxygen atoms in total. The molecule has 0 saturated heterocycles. The summed E-state index contributed by atoms with van der Waals surface area (Å²) in [4.78, 5) is 20.8. The van der Waals surface area contributed by atoms with Gasteiger partial charge in [0.1, 0.15) is 5.69 Å². The van der Waals surface area contributed by atoms with Crippen molar-refractivity contribution in [1.82, 2.24) is 9.97 Å². The maximum Gasteiger partial charge on any atom is 0.274 e. The molecule has 24 heavy (non-hydrogen) atoms. The van der Waals surface area contributed by atoms with E-state index < -0.39 is 0 Å². The van der Waals surface area contributed by atoms with Crippen molar-refractivity contribution in [3.8, 4) is 0 Å². The van der Waals surface area contributed by atoms with Crippen LogP contribution in [0, 0.1) is 13.8 Å². The molecule has 1 aromatic heterocycles. The normalized spacial score (nSPS) is 10.2. The number of hydrogen-bond donors (Lipinski definition) is 2. The Morgan fingerprint density at radius 2 is 1.71 bits per heavy atom. The summed E-state index contributed by atoms with van der Waals surface area (Å²) in [5.41, 5.74) is 4.17. The molecule has 0 aliphatic rings. The highest BCUT2D eigenvalue weighted by Crippen LogP contribution is 2.17. The molecular formula is C19H18N4O. The van der Waals surface area contributed by atoms with Gasteiger partial charge in [0.25, 0.3) is 5.91 Å². The van der Waals surface area contributed by atoms with E-state index in [2.05, 4.69) is 20.6 Å². The Balaban J connectivity index is 1.76. The second-order valence-corrected chi connectivity index (χ2v) is 5.53. The monoisotopic (exact) mass is 318 g/mol. The topological polar surface area (TPSA) is 66.9 Å². The van der Waals surface area contributed by atoms with E-state index in [1.165, 1.54) is 0 Å². The molecular weight excluding hydrogens is 300 g/mol. The third-order valence-corrected chi connectivity index (χ3v) is 3.59. The number of hydrogen-bond acceptors (Lipinski definition) is 4. The smallest absolute Gasteiger partial charge is 0.274 e. The number of carbonyl (C=O) groups is 1. The minimum atomic E-state index is -0.269. The number of rotatable bonds is 4. The van der Waals surface area contributed by atoms with Crippen molar-refractivity contribution < 1.29 is 4.79 Å². The lowest BCUT2D eigenvalue weighted by molar-refractivity contribution is 0.102. The first-order valence-corrected chi connectivity index (χ1v) is 7.65. The van der Waals surface area contributed by atoms with Crippen LogP contribution in [0.3, 0.4) is 0 Å². The van der Waals surface area contributed by atoms with Gasteiger partial charge >= 0.3 is 0 Å². The van der Waals surface area contributed by atoms with E-state index >= 15 is 0 Å². The van der Waals surface area contributed by atoms with Gasteiger partial charge in [-0.1, -0.05) is 35.9 Å². The lowest BCUT2D eigenvalue weighted by atomic mass is 10.2. The quantitative estimate of drug-likeness (QED) is 0.760. The number of benzene rings is 2. The molecule has 0 aliphatic heterocycles. The number of carbonyl (C=O) groups excluding carboxylic acids is 1. The van der Waals surface area contributed by atoms with Crippen molar-refractivity contribution in [3.63, 3.8) is 0 Å². The zero-order chi connectivity index (χ0) is 16.9. The largest absolute Gasteiger partial charge is 0.324 e. The van der Waals surface area contributed by atoms with Crippen molar-refractivity contribution in [2.24, 2.45) is 0 Å². The molecule has 2 aromatic carbocycles. The first kappa shape index (κ1) is 15.7. The van der Waals surface area contributed by atoms with Crippen molar-refractivity contribution >= 4 is 23.2 Å². The summed E-state index contributed by atoms with van der Waals surface area (Å²) in [7, 11) is 0. The molecule has 0 aliphatic carbocycles. The first-order valence-electron chi connectivity index (χ1n) is 7.65. The van der Waals surface area contributed by atoms with E-state index in [1.807, 2.05) is 62.4 Å². The van der Waals surface area contributed by atoms with Crippen molar-refractivity contribution in [1.29, 1.82) is 0 Å². The van der Waals surface area contributed by atoms with Crippen LogP contribution in [0.1, 0.15) is 21.6 Å². The van der Waals surface area contributed by atoms with Gasteiger partial charge in [-0.25, -0.2) is 9.97 Å². The number of nitrogens with one attached hydrogen (secondary N) is 2. The van der Waals surface area contributed by atoms with E-state index in [4.69, 9.17) is 0 Å². The Morgan fingerprint density at radius 1 is 0.958 bits per heavy atom. The van der Waals surface area contributed by atoms with Crippen LogP contribution in [0.25, 0.3) is 0 Å². The summed E-state index contributed by atoms with van der Waals surface area (Å²) in [6, 6.07) is 17.0. The highest BCUT2D eigenvalue weighted by molar-refractivity contribution is 6.03. The average Bonchev–Trinajstić information content (AvgIpc) is 2.59. The zero-order valence-electron chi connectivity index (χ0n) is 13.6. The lowest BCUT2D eigenvalue weighted by Gasteiger charge is -2.09. The number of para-hydroxylation sites is 1. The fraction of sp³-hybridized carbons (Fsp3) is 0.105. The zero-order valence-corrected chi connectivity index (χ0v) is 13.6. The van der Waals surface area contributed by atoms with Gasteiger partial charge in [0.05, 0.1) is 0 Å². The summed E-state index contributed by atoms with van der Waals surface area (Å²) >= 11 is 0. The Kier molecular flexibility index (Phi) is 4.52. The molecule has 0 atom stereocenters. The number of anilines is 3. The van der Waals surface area contributed by atoms with E-state index in [0.29, 0.717) is 11.6 Å². The molecule has 5 heteroatoms. The third-order valence-electron chi connectivity index (χ3n) is 3.59. The van der Waals surface area contributed by atoms with Gasteiger partial charge in [0.2, 0.25) is 5.95 Å². The van der Waals surface area contributed by atoms with Crippen LogP contribution in [0.4, 0.5) is 17.3 Å². The summed E-state index contributed by atoms with van der Waals surface area (Å²) in [6.07, 6.45) is 1.57. The molecule has 120 valence electrons. The van der Waals surface area contributed by atoms with Crippen LogP contribution in [0.15, 0.2) is 60.8 Å². The van der Waals surface area contributed by atoms with Crippen molar-refractivity contribution in [2.75, 3.05) is 10.6 Å². The van der Waals surface area contributed by atoms with Crippen molar-refractivity contribution in [2.45, 2.75) is 13.8 Å². The molecule has 3 aromatic rings. The van der Waals surface area contributed by atoms with Crippen LogP contribution in [0.2, 0.25) is 0 Å². The Morgan fingerprint density at radius 3 is 2.46 bits per heavy atom. The molecule has 0 bridgehead atoms. The highest BCUT2D eigenvalue weighted by Gasteiger charge is 2.10. The minimum Gasteiger partial charge on any atom is -0.324 e. The number of aryl methyl sites for hydroxylation is 2. The van der Waals surface area contributed by atoms with Crippen LogP contribution < -0.4 is 10.6 Å². The van der Waals surface area contributed by atoms with Gasteiger partial charge < -0.3 is 10.6 Å². The van der Waals surface area contributed by atoms with Gasteiger partial charge in [-0.05, 0) is 43.7 Å². The standard InChI is InChI=1S/C19H18N4O/c1-13-7-9-15(10-8-13)21-18(24)17-11-12-20-19(23-17)22-16-6-4-3-5-14(16)2/h3-12H,1-2H3,(H,21,24)(H,20,22,23). The van der Waals surface area contributed by atoms with Gasteiger partial charge in [-0.3, -0.25) is 4.79 Å². The number of nitrogens with zero attached hydrogens (tertiary/aromatic N) is 2. The van der Waals surface area contributed by atoms with Crippen LogP contribution in [-0.2, 0) is 0 Å². The minimum absolute atomic E-state index is 0.269. The van der Waals surface area contributed by atoms with Crippen LogP contribution in [-0.4, -0.2) is 15.9 Å². The molecule has 3 rings (SSSR count). The number of amides is 1. The molecule has 1 amide bonds. The van der Waals surface area contributed by atoms with Gasteiger partial charge in [-0.2, -0.15) is 0 Å². The molecule has 0 spiro atoms. The Bertz CT molecular complexity index is 859. The average molecular weight is 318 g/mol. The lowest BCUT2D eigenvalue weighted by Crippen LogP contribution is -2.14. The summed E-state index contributed by atoms with van der Waals surface area (Å²) in [5.74, 6) is 0.120. The predicted octanol–water partition coefficient (Wildman–Crippen LogP) is 4.09. The highest BCUT2D eigenvalue weighted by atomic mass is 16.1. The molecule has 0 radical (unpaired) electrons. The van der Waals surface area contributed by atoms with Crippen LogP contribution >= 0.6 is 0 Å². The number of aromatic nitrogens is 2. The summed E-state index contributed by atoms with van der Waals surface area (Å²) in [6.45, 7) is 4.00. The first-order chi connectivity index (χ1) is 11.6. The van der Waals surface area contributed by atoms with E-state index in [-0.39, 0.29) is 5.91 Å².